The summed E-state index contributed by atoms with van der Waals surface area (Å²) in [6, 6.07) is 9.42. The van der Waals surface area contributed by atoms with E-state index in [0.29, 0.717) is 6.04 Å². The van der Waals surface area contributed by atoms with Gasteiger partial charge in [-0.3, -0.25) is 0 Å². The zero-order chi connectivity index (χ0) is 14.1. The van der Waals surface area contributed by atoms with Crippen molar-refractivity contribution in [3.63, 3.8) is 0 Å². The summed E-state index contributed by atoms with van der Waals surface area (Å²) >= 11 is 0. The van der Waals surface area contributed by atoms with Gasteiger partial charge in [0.15, 0.2) is 0 Å². The van der Waals surface area contributed by atoms with E-state index < -0.39 is 0 Å². The number of benzene rings is 1. The van der Waals surface area contributed by atoms with E-state index in [-0.39, 0.29) is 0 Å². The summed E-state index contributed by atoms with van der Waals surface area (Å²) in [5.74, 6) is 0.854. The molecule has 0 saturated carbocycles. The maximum Gasteiger partial charge on any atom is 0.0949 e. The molecule has 1 aromatic heterocycles. The van der Waals surface area contributed by atoms with Gasteiger partial charge in [-0.05, 0) is 49.5 Å². The molecule has 0 spiro atoms. The van der Waals surface area contributed by atoms with Crippen LogP contribution in [0.15, 0.2) is 43.0 Å². The summed E-state index contributed by atoms with van der Waals surface area (Å²) in [7, 11) is 0. The molecular formula is C17H22N4. The Hall–Kier alpha value is -1.81. The van der Waals surface area contributed by atoms with Gasteiger partial charge in [-0.2, -0.15) is 0 Å². The molecule has 1 N–H and O–H groups in total. The van der Waals surface area contributed by atoms with Gasteiger partial charge in [0.25, 0.3) is 0 Å². The fourth-order valence-corrected chi connectivity index (χ4v) is 3.69. The third-order valence-corrected chi connectivity index (χ3v) is 4.86. The first kappa shape index (κ1) is 12.9. The van der Waals surface area contributed by atoms with Gasteiger partial charge in [0.05, 0.1) is 6.33 Å². The third kappa shape index (κ3) is 2.81. The van der Waals surface area contributed by atoms with Gasteiger partial charge in [0.1, 0.15) is 0 Å². The van der Waals surface area contributed by atoms with Gasteiger partial charge in [-0.1, -0.05) is 12.1 Å². The molecule has 4 nitrogen and oxygen atoms in total. The van der Waals surface area contributed by atoms with E-state index in [0.717, 1.165) is 12.5 Å². The second-order valence-corrected chi connectivity index (χ2v) is 6.32. The SMILES string of the molecule is c1cc(Cn2ccnc2)cc(NC2CN3CCC2CC3)c1. The smallest absolute Gasteiger partial charge is 0.0949 e. The molecule has 1 atom stereocenters. The minimum absolute atomic E-state index is 0.621. The van der Waals surface area contributed by atoms with Crippen LogP contribution in [-0.2, 0) is 6.54 Å². The van der Waals surface area contributed by atoms with Crippen molar-refractivity contribution in [2.75, 3.05) is 25.0 Å². The lowest BCUT2D eigenvalue weighted by Crippen LogP contribution is -2.53. The van der Waals surface area contributed by atoms with Crippen LogP contribution in [-0.4, -0.2) is 40.1 Å². The Morgan fingerprint density at radius 2 is 2.14 bits per heavy atom. The van der Waals surface area contributed by atoms with Crippen LogP contribution in [0, 0.1) is 5.92 Å². The highest BCUT2D eigenvalue weighted by molar-refractivity contribution is 5.47. The van der Waals surface area contributed by atoms with Crippen LogP contribution in [0.1, 0.15) is 18.4 Å². The molecule has 4 heterocycles. The molecule has 1 aromatic carbocycles. The number of nitrogens with zero attached hydrogens (tertiary/aromatic N) is 3. The standard InChI is InChI=1S/C17H22N4/c1-2-14(11-21-9-6-18-13-21)10-16(3-1)19-17-12-20-7-4-15(17)5-8-20/h1-3,6,9-10,13,15,17,19H,4-5,7-8,11-12H2. The Labute approximate surface area is 125 Å². The predicted octanol–water partition coefficient (Wildman–Crippen LogP) is 2.44. The van der Waals surface area contributed by atoms with Crippen molar-refractivity contribution < 1.29 is 0 Å². The minimum Gasteiger partial charge on any atom is -0.381 e. The molecule has 110 valence electrons. The van der Waals surface area contributed by atoms with E-state index in [1.807, 2.05) is 18.7 Å². The topological polar surface area (TPSA) is 33.1 Å². The lowest BCUT2D eigenvalue weighted by Gasteiger charge is -2.45. The molecule has 4 heteroatoms. The molecule has 2 bridgehead atoms. The maximum atomic E-state index is 4.10. The number of piperidine rings is 3. The van der Waals surface area contributed by atoms with Crippen LogP contribution in [0.3, 0.4) is 0 Å². The molecule has 0 aliphatic carbocycles. The monoisotopic (exact) mass is 282 g/mol. The van der Waals surface area contributed by atoms with Gasteiger partial charge in [0.2, 0.25) is 0 Å². The zero-order valence-corrected chi connectivity index (χ0v) is 12.3. The van der Waals surface area contributed by atoms with E-state index in [1.54, 1.807) is 0 Å². The average molecular weight is 282 g/mol. The van der Waals surface area contributed by atoms with Crippen LogP contribution in [0.25, 0.3) is 0 Å². The number of imidazole rings is 1. The molecular weight excluding hydrogens is 260 g/mol. The number of anilines is 1. The summed E-state index contributed by atoms with van der Waals surface area (Å²) in [6.07, 6.45) is 8.41. The fourth-order valence-electron chi connectivity index (χ4n) is 3.69. The van der Waals surface area contributed by atoms with Gasteiger partial charge in [-0.25, -0.2) is 4.98 Å². The van der Waals surface area contributed by atoms with Crippen molar-refractivity contribution in [1.82, 2.24) is 14.5 Å². The molecule has 3 fully saturated rings. The van der Waals surface area contributed by atoms with Crippen LogP contribution < -0.4 is 5.32 Å². The Bertz CT molecular complexity index is 585. The van der Waals surface area contributed by atoms with E-state index in [4.69, 9.17) is 0 Å². The number of aromatic nitrogens is 2. The number of nitrogens with one attached hydrogen (secondary N) is 1. The Morgan fingerprint density at radius 1 is 1.24 bits per heavy atom. The van der Waals surface area contributed by atoms with E-state index in [9.17, 15) is 0 Å². The highest BCUT2D eigenvalue weighted by atomic mass is 15.2. The van der Waals surface area contributed by atoms with Crippen LogP contribution >= 0.6 is 0 Å². The minimum atomic E-state index is 0.621. The number of hydrogen-bond acceptors (Lipinski definition) is 3. The summed E-state index contributed by atoms with van der Waals surface area (Å²) in [5, 5.41) is 3.77. The Kier molecular flexibility index (Phi) is 3.39. The summed E-state index contributed by atoms with van der Waals surface area (Å²) < 4.78 is 2.10. The predicted molar refractivity (Wildman–Crippen MR) is 84.3 cm³/mol. The first-order valence-corrected chi connectivity index (χ1v) is 7.90. The first-order chi connectivity index (χ1) is 10.4. The summed E-state index contributed by atoms with van der Waals surface area (Å²) in [4.78, 5) is 6.69. The first-order valence-electron chi connectivity index (χ1n) is 7.90. The number of hydrogen-bond donors (Lipinski definition) is 1. The second-order valence-electron chi connectivity index (χ2n) is 6.32. The van der Waals surface area contributed by atoms with Gasteiger partial charge < -0.3 is 14.8 Å². The second kappa shape index (κ2) is 5.53. The molecule has 3 aliphatic heterocycles. The quantitative estimate of drug-likeness (QED) is 0.935. The average Bonchev–Trinajstić information content (AvgIpc) is 3.02. The molecule has 2 aromatic rings. The zero-order valence-electron chi connectivity index (χ0n) is 12.3. The van der Waals surface area contributed by atoms with Crippen LogP contribution in [0.4, 0.5) is 5.69 Å². The van der Waals surface area contributed by atoms with E-state index in [2.05, 4.69) is 44.0 Å². The molecule has 21 heavy (non-hydrogen) atoms. The Balaban J connectivity index is 1.45. The largest absolute Gasteiger partial charge is 0.381 e. The highest BCUT2D eigenvalue weighted by Gasteiger charge is 2.33. The normalized spacial score (nSPS) is 27.7. The molecule has 0 amide bonds. The summed E-state index contributed by atoms with van der Waals surface area (Å²) in [6.45, 7) is 4.68. The molecule has 3 aliphatic rings. The lowest BCUT2D eigenvalue weighted by molar-refractivity contribution is 0.0975. The van der Waals surface area contributed by atoms with Crippen molar-refractivity contribution in [3.05, 3.63) is 48.5 Å². The molecule has 3 saturated heterocycles. The van der Waals surface area contributed by atoms with Crippen molar-refractivity contribution in [2.45, 2.75) is 25.4 Å². The van der Waals surface area contributed by atoms with Gasteiger partial charge in [0, 0.05) is 37.2 Å². The Morgan fingerprint density at radius 3 is 2.86 bits per heavy atom. The van der Waals surface area contributed by atoms with Crippen molar-refractivity contribution >= 4 is 5.69 Å². The van der Waals surface area contributed by atoms with Gasteiger partial charge >= 0.3 is 0 Å². The van der Waals surface area contributed by atoms with Crippen LogP contribution in [0.5, 0.6) is 0 Å². The van der Waals surface area contributed by atoms with Crippen molar-refractivity contribution in [1.29, 1.82) is 0 Å². The van der Waals surface area contributed by atoms with Crippen LogP contribution in [0.2, 0.25) is 0 Å². The molecule has 0 radical (unpaired) electrons. The third-order valence-electron chi connectivity index (χ3n) is 4.86. The van der Waals surface area contributed by atoms with Gasteiger partial charge in [-0.15, -0.1) is 0 Å². The highest BCUT2D eigenvalue weighted by Crippen LogP contribution is 2.29. The number of fused-ring (bicyclic) bond motifs is 3. The van der Waals surface area contributed by atoms with Crippen molar-refractivity contribution in [3.8, 4) is 0 Å². The maximum absolute atomic E-state index is 4.10. The fraction of sp³-hybridized carbons (Fsp3) is 0.471. The molecule has 1 unspecified atom stereocenters. The van der Waals surface area contributed by atoms with E-state index >= 15 is 0 Å². The molecule has 5 rings (SSSR count). The summed E-state index contributed by atoms with van der Waals surface area (Å²) in [5.41, 5.74) is 2.57. The lowest BCUT2D eigenvalue weighted by atomic mass is 9.84. The van der Waals surface area contributed by atoms with E-state index in [1.165, 1.54) is 43.7 Å². The number of rotatable bonds is 4. The van der Waals surface area contributed by atoms with Crippen molar-refractivity contribution in [2.24, 2.45) is 5.92 Å².